The Morgan fingerprint density at radius 3 is 2.48 bits per heavy atom. The number of hydrogen-bond acceptors (Lipinski definition) is 2. The van der Waals surface area contributed by atoms with E-state index in [0.717, 1.165) is 31.6 Å². The Hall–Kier alpha value is -2.43. The van der Waals surface area contributed by atoms with Crippen molar-refractivity contribution in [2.75, 3.05) is 20.3 Å². The van der Waals surface area contributed by atoms with Gasteiger partial charge in [-0.05, 0) is 30.2 Å². The summed E-state index contributed by atoms with van der Waals surface area (Å²) in [5, 5.41) is 0. The molecular formula is C23H27FN2O. The van der Waals surface area contributed by atoms with Gasteiger partial charge >= 0.3 is 0 Å². The number of nitrogens with zero attached hydrogens (tertiary/aromatic N) is 2. The van der Waals surface area contributed by atoms with Crippen molar-refractivity contribution in [1.29, 1.82) is 0 Å². The van der Waals surface area contributed by atoms with Crippen LogP contribution in [0.25, 0.3) is 0 Å². The van der Waals surface area contributed by atoms with Crippen LogP contribution in [0, 0.1) is 5.82 Å². The number of rotatable bonds is 10. The number of benzene rings is 2. The topological polar surface area (TPSA) is 17.4 Å². The largest absolute Gasteiger partial charge is 0.385 e. The minimum atomic E-state index is -0.145. The van der Waals surface area contributed by atoms with Crippen molar-refractivity contribution in [3.05, 3.63) is 95.6 Å². The molecule has 0 aliphatic carbocycles. The molecule has 1 heterocycles. The van der Waals surface area contributed by atoms with Crippen molar-refractivity contribution in [1.82, 2.24) is 9.47 Å². The lowest BCUT2D eigenvalue weighted by Crippen LogP contribution is -2.26. The van der Waals surface area contributed by atoms with E-state index in [1.54, 1.807) is 13.2 Å². The molecule has 2 aromatic carbocycles. The zero-order chi connectivity index (χ0) is 18.9. The molecule has 142 valence electrons. The summed E-state index contributed by atoms with van der Waals surface area (Å²) in [5.41, 5.74) is 3.23. The smallest absolute Gasteiger partial charge is 0.127 e. The molecule has 3 aromatic rings. The first-order valence-electron chi connectivity index (χ1n) is 9.39. The lowest BCUT2D eigenvalue weighted by atomic mass is 10.2. The molecule has 27 heavy (non-hydrogen) atoms. The van der Waals surface area contributed by atoms with E-state index in [0.29, 0.717) is 13.2 Å². The molecule has 4 heteroatoms. The Balaban J connectivity index is 1.72. The molecule has 0 N–H and O–H groups in total. The molecule has 3 rings (SSSR count). The van der Waals surface area contributed by atoms with Crippen LogP contribution in [0.1, 0.15) is 23.2 Å². The van der Waals surface area contributed by atoms with Crippen molar-refractivity contribution in [2.24, 2.45) is 0 Å². The lowest BCUT2D eigenvalue weighted by molar-refractivity contribution is 0.165. The summed E-state index contributed by atoms with van der Waals surface area (Å²) in [6.07, 6.45) is 3.03. The summed E-state index contributed by atoms with van der Waals surface area (Å²) in [6, 6.07) is 21.7. The molecule has 3 nitrogen and oxygen atoms in total. The molecule has 0 aliphatic heterocycles. The second-order valence-corrected chi connectivity index (χ2v) is 6.76. The van der Waals surface area contributed by atoms with Gasteiger partial charge in [-0.15, -0.1) is 0 Å². The van der Waals surface area contributed by atoms with E-state index in [2.05, 4.69) is 52.1 Å². The molecule has 0 radical (unpaired) electrons. The molecule has 0 atom stereocenters. The number of aromatic nitrogens is 1. The monoisotopic (exact) mass is 366 g/mol. The van der Waals surface area contributed by atoms with E-state index in [1.165, 1.54) is 17.3 Å². The molecule has 0 saturated carbocycles. The zero-order valence-electron chi connectivity index (χ0n) is 15.9. The average molecular weight is 366 g/mol. The summed E-state index contributed by atoms with van der Waals surface area (Å²) in [7, 11) is 1.71. The Labute approximate surface area is 161 Å². The van der Waals surface area contributed by atoms with Gasteiger partial charge in [-0.1, -0.05) is 48.5 Å². The van der Waals surface area contributed by atoms with Gasteiger partial charge < -0.3 is 9.30 Å². The van der Waals surface area contributed by atoms with E-state index in [-0.39, 0.29) is 5.82 Å². The molecule has 0 amide bonds. The SMILES string of the molecule is COCCCN(Cc1ccccc1F)Cc1cccn1Cc1ccccc1. The first kappa shape index (κ1) is 19.3. The first-order chi connectivity index (χ1) is 13.3. The average Bonchev–Trinajstić information content (AvgIpc) is 3.11. The highest BCUT2D eigenvalue weighted by Crippen LogP contribution is 2.15. The van der Waals surface area contributed by atoms with Gasteiger partial charge in [0, 0.05) is 57.3 Å². The van der Waals surface area contributed by atoms with Crippen molar-refractivity contribution in [2.45, 2.75) is 26.1 Å². The van der Waals surface area contributed by atoms with Crippen LogP contribution in [-0.2, 0) is 24.4 Å². The second-order valence-electron chi connectivity index (χ2n) is 6.76. The third-order valence-electron chi connectivity index (χ3n) is 4.68. The minimum Gasteiger partial charge on any atom is -0.385 e. The zero-order valence-corrected chi connectivity index (χ0v) is 15.9. The van der Waals surface area contributed by atoms with Crippen LogP contribution in [0.15, 0.2) is 72.9 Å². The summed E-state index contributed by atoms with van der Waals surface area (Å²) >= 11 is 0. The molecule has 0 bridgehead atoms. The van der Waals surface area contributed by atoms with Crippen LogP contribution >= 0.6 is 0 Å². The van der Waals surface area contributed by atoms with Crippen molar-refractivity contribution in [3.63, 3.8) is 0 Å². The molecular weight excluding hydrogens is 339 g/mol. The Kier molecular flexibility index (Phi) is 7.19. The Bertz CT molecular complexity index is 816. The Morgan fingerprint density at radius 1 is 0.926 bits per heavy atom. The lowest BCUT2D eigenvalue weighted by Gasteiger charge is -2.23. The number of ether oxygens (including phenoxy) is 1. The van der Waals surface area contributed by atoms with E-state index in [9.17, 15) is 4.39 Å². The van der Waals surface area contributed by atoms with Gasteiger partial charge in [-0.2, -0.15) is 0 Å². The van der Waals surface area contributed by atoms with Gasteiger partial charge in [-0.25, -0.2) is 4.39 Å². The highest BCUT2D eigenvalue weighted by atomic mass is 19.1. The predicted molar refractivity (Wildman–Crippen MR) is 107 cm³/mol. The maximum Gasteiger partial charge on any atom is 0.127 e. The fourth-order valence-electron chi connectivity index (χ4n) is 3.27. The van der Waals surface area contributed by atoms with Crippen LogP contribution in [0.3, 0.4) is 0 Å². The summed E-state index contributed by atoms with van der Waals surface area (Å²) in [5.74, 6) is -0.145. The Morgan fingerprint density at radius 2 is 1.70 bits per heavy atom. The molecule has 1 aromatic heterocycles. The summed E-state index contributed by atoms with van der Waals surface area (Å²) in [4.78, 5) is 2.29. The van der Waals surface area contributed by atoms with Crippen LogP contribution in [0.4, 0.5) is 4.39 Å². The third-order valence-corrected chi connectivity index (χ3v) is 4.68. The van der Waals surface area contributed by atoms with Gasteiger partial charge in [0.15, 0.2) is 0 Å². The highest BCUT2D eigenvalue weighted by molar-refractivity contribution is 5.19. The predicted octanol–water partition coefficient (Wildman–Crippen LogP) is 4.71. The van der Waals surface area contributed by atoms with Crippen LogP contribution < -0.4 is 0 Å². The van der Waals surface area contributed by atoms with Gasteiger partial charge in [0.25, 0.3) is 0 Å². The number of methoxy groups -OCH3 is 1. The van der Waals surface area contributed by atoms with Crippen molar-refractivity contribution < 1.29 is 9.13 Å². The first-order valence-corrected chi connectivity index (χ1v) is 9.39. The fraction of sp³-hybridized carbons (Fsp3) is 0.304. The fourth-order valence-corrected chi connectivity index (χ4v) is 3.27. The number of hydrogen-bond donors (Lipinski definition) is 0. The van der Waals surface area contributed by atoms with Crippen molar-refractivity contribution >= 4 is 0 Å². The maximum absolute atomic E-state index is 14.1. The standard InChI is InChI=1S/C23H27FN2O/c1-27-16-8-14-25(18-21-11-5-6-13-23(21)24)19-22-12-7-15-26(22)17-20-9-3-2-4-10-20/h2-7,9-13,15H,8,14,16-19H2,1H3. The molecule has 0 saturated heterocycles. The van der Waals surface area contributed by atoms with Gasteiger partial charge in [0.1, 0.15) is 5.82 Å². The minimum absolute atomic E-state index is 0.145. The summed E-state index contributed by atoms with van der Waals surface area (Å²) in [6.45, 7) is 3.77. The molecule has 0 spiro atoms. The van der Waals surface area contributed by atoms with E-state index in [4.69, 9.17) is 4.74 Å². The van der Waals surface area contributed by atoms with E-state index in [1.807, 2.05) is 18.2 Å². The quantitative estimate of drug-likeness (QED) is 0.483. The highest BCUT2D eigenvalue weighted by Gasteiger charge is 2.12. The number of halogens is 1. The van der Waals surface area contributed by atoms with Crippen LogP contribution in [0.2, 0.25) is 0 Å². The van der Waals surface area contributed by atoms with Crippen LogP contribution in [0.5, 0.6) is 0 Å². The molecule has 0 unspecified atom stereocenters. The van der Waals surface area contributed by atoms with Crippen molar-refractivity contribution in [3.8, 4) is 0 Å². The molecule has 0 aliphatic rings. The molecule has 0 fully saturated rings. The van der Waals surface area contributed by atoms with Gasteiger partial charge in [0.2, 0.25) is 0 Å². The van der Waals surface area contributed by atoms with Crippen LogP contribution in [-0.4, -0.2) is 29.7 Å². The normalized spacial score (nSPS) is 11.2. The van der Waals surface area contributed by atoms with E-state index >= 15 is 0 Å². The second kappa shape index (κ2) is 10.0. The van der Waals surface area contributed by atoms with E-state index < -0.39 is 0 Å². The maximum atomic E-state index is 14.1. The third kappa shape index (κ3) is 5.78. The summed E-state index contributed by atoms with van der Waals surface area (Å²) < 4.78 is 21.6. The van der Waals surface area contributed by atoms with Gasteiger partial charge in [0.05, 0.1) is 0 Å². The van der Waals surface area contributed by atoms with Gasteiger partial charge in [-0.3, -0.25) is 4.90 Å².